The van der Waals surface area contributed by atoms with Gasteiger partial charge in [0.05, 0.1) is 12.7 Å². The number of aromatic nitrogens is 2. The van der Waals surface area contributed by atoms with E-state index in [0.29, 0.717) is 0 Å². The van der Waals surface area contributed by atoms with Crippen molar-refractivity contribution in [3.63, 3.8) is 0 Å². The molecule has 0 bridgehead atoms. The quantitative estimate of drug-likeness (QED) is 0.923. The summed E-state index contributed by atoms with van der Waals surface area (Å²) in [5, 5.41) is 13.8. The van der Waals surface area contributed by atoms with Gasteiger partial charge in [-0.15, -0.1) is 10.2 Å². The molecule has 1 aromatic carbocycles. The van der Waals surface area contributed by atoms with Crippen LogP contribution in [0.25, 0.3) is 10.6 Å². The number of ether oxygens (including phenoxy) is 1. The second-order valence-electron chi connectivity index (χ2n) is 4.33. The lowest BCUT2D eigenvalue weighted by atomic mass is 10.2. The van der Waals surface area contributed by atoms with E-state index in [0.717, 1.165) is 47.6 Å². The number of methoxy groups -OCH3 is 1. The SMILES string of the molecule is COc1ccccc1-c1nnc(N2CCNCC2)s1. The minimum absolute atomic E-state index is 0.838. The Morgan fingerprint density at radius 3 is 2.79 bits per heavy atom. The first-order chi connectivity index (χ1) is 9.38. The number of hydrogen-bond acceptors (Lipinski definition) is 6. The fraction of sp³-hybridized carbons (Fsp3) is 0.385. The van der Waals surface area contributed by atoms with Crippen molar-refractivity contribution in [3.05, 3.63) is 24.3 Å². The van der Waals surface area contributed by atoms with Crippen LogP contribution in [0.5, 0.6) is 5.75 Å². The molecular formula is C13H16N4OS. The zero-order valence-corrected chi connectivity index (χ0v) is 11.6. The fourth-order valence-electron chi connectivity index (χ4n) is 2.13. The van der Waals surface area contributed by atoms with Crippen LogP contribution in [-0.4, -0.2) is 43.5 Å². The highest BCUT2D eigenvalue weighted by Crippen LogP contribution is 2.34. The molecule has 2 aromatic rings. The Balaban J connectivity index is 1.88. The van der Waals surface area contributed by atoms with Gasteiger partial charge in [-0.3, -0.25) is 0 Å². The van der Waals surface area contributed by atoms with E-state index < -0.39 is 0 Å². The van der Waals surface area contributed by atoms with Crippen molar-refractivity contribution in [2.75, 3.05) is 38.2 Å². The third-order valence-electron chi connectivity index (χ3n) is 3.14. The molecule has 1 aromatic heterocycles. The summed E-state index contributed by atoms with van der Waals surface area (Å²) in [7, 11) is 1.68. The minimum Gasteiger partial charge on any atom is -0.496 e. The van der Waals surface area contributed by atoms with Gasteiger partial charge in [0.15, 0.2) is 5.01 Å². The first-order valence-electron chi connectivity index (χ1n) is 6.31. The fourth-order valence-corrected chi connectivity index (χ4v) is 3.06. The van der Waals surface area contributed by atoms with Gasteiger partial charge in [0, 0.05) is 26.2 Å². The van der Waals surface area contributed by atoms with Crippen LogP contribution in [0.3, 0.4) is 0 Å². The average molecular weight is 276 g/mol. The zero-order chi connectivity index (χ0) is 13.1. The molecule has 0 saturated carbocycles. The Morgan fingerprint density at radius 2 is 2.00 bits per heavy atom. The van der Waals surface area contributed by atoms with Crippen LogP contribution >= 0.6 is 11.3 Å². The molecule has 0 spiro atoms. The van der Waals surface area contributed by atoms with Gasteiger partial charge in [0.25, 0.3) is 0 Å². The zero-order valence-electron chi connectivity index (χ0n) is 10.8. The van der Waals surface area contributed by atoms with Gasteiger partial charge < -0.3 is 15.0 Å². The summed E-state index contributed by atoms with van der Waals surface area (Å²) >= 11 is 1.62. The van der Waals surface area contributed by atoms with Crippen molar-refractivity contribution in [3.8, 4) is 16.3 Å². The van der Waals surface area contributed by atoms with E-state index in [2.05, 4.69) is 20.4 Å². The number of benzene rings is 1. The number of rotatable bonds is 3. The molecule has 1 fully saturated rings. The second-order valence-corrected chi connectivity index (χ2v) is 5.28. The monoisotopic (exact) mass is 276 g/mol. The normalized spacial score (nSPS) is 15.5. The Bertz CT molecular complexity index is 551. The number of nitrogens with zero attached hydrogens (tertiary/aromatic N) is 3. The van der Waals surface area contributed by atoms with Gasteiger partial charge in [0.2, 0.25) is 5.13 Å². The largest absolute Gasteiger partial charge is 0.496 e. The van der Waals surface area contributed by atoms with Crippen molar-refractivity contribution >= 4 is 16.5 Å². The van der Waals surface area contributed by atoms with E-state index in [1.165, 1.54) is 0 Å². The third-order valence-corrected chi connectivity index (χ3v) is 4.16. The van der Waals surface area contributed by atoms with Crippen LogP contribution in [0.1, 0.15) is 0 Å². The van der Waals surface area contributed by atoms with Crippen molar-refractivity contribution in [2.24, 2.45) is 0 Å². The van der Waals surface area contributed by atoms with Crippen molar-refractivity contribution in [1.82, 2.24) is 15.5 Å². The molecule has 0 amide bonds. The topological polar surface area (TPSA) is 50.3 Å². The minimum atomic E-state index is 0.838. The maximum absolute atomic E-state index is 5.37. The predicted molar refractivity (Wildman–Crippen MR) is 77.0 cm³/mol. The molecule has 0 atom stereocenters. The molecule has 0 aliphatic carbocycles. The third kappa shape index (κ3) is 2.54. The molecule has 100 valence electrons. The van der Waals surface area contributed by atoms with Gasteiger partial charge >= 0.3 is 0 Å². The van der Waals surface area contributed by atoms with Gasteiger partial charge in [-0.2, -0.15) is 0 Å². The maximum atomic E-state index is 5.37. The number of para-hydroxylation sites is 1. The van der Waals surface area contributed by atoms with Gasteiger partial charge in [-0.25, -0.2) is 0 Å². The highest BCUT2D eigenvalue weighted by molar-refractivity contribution is 7.18. The van der Waals surface area contributed by atoms with Crippen LogP contribution in [0.4, 0.5) is 5.13 Å². The first-order valence-corrected chi connectivity index (χ1v) is 7.12. The lowest BCUT2D eigenvalue weighted by Gasteiger charge is -2.26. The van der Waals surface area contributed by atoms with E-state index in [-0.39, 0.29) is 0 Å². The molecule has 2 heterocycles. The number of hydrogen-bond donors (Lipinski definition) is 1. The standard InChI is InChI=1S/C13H16N4OS/c1-18-11-5-3-2-4-10(11)12-15-16-13(19-12)17-8-6-14-7-9-17/h2-5,14H,6-9H2,1H3. The second kappa shape index (κ2) is 5.54. The molecule has 3 rings (SSSR count). The summed E-state index contributed by atoms with van der Waals surface area (Å²) < 4.78 is 5.37. The van der Waals surface area contributed by atoms with E-state index in [1.54, 1.807) is 18.4 Å². The summed E-state index contributed by atoms with van der Waals surface area (Å²) in [6.45, 7) is 3.98. The van der Waals surface area contributed by atoms with Gasteiger partial charge in [-0.05, 0) is 12.1 Å². The average Bonchev–Trinajstić information content (AvgIpc) is 2.98. The van der Waals surface area contributed by atoms with E-state index >= 15 is 0 Å². The molecule has 6 heteroatoms. The Morgan fingerprint density at radius 1 is 1.21 bits per heavy atom. The Hall–Kier alpha value is -1.66. The van der Waals surface area contributed by atoms with E-state index in [1.807, 2.05) is 24.3 Å². The van der Waals surface area contributed by atoms with Crippen molar-refractivity contribution in [2.45, 2.75) is 0 Å². The molecule has 1 saturated heterocycles. The van der Waals surface area contributed by atoms with Crippen LogP contribution in [-0.2, 0) is 0 Å². The summed E-state index contributed by atoms with van der Waals surface area (Å²) in [5.74, 6) is 0.838. The molecule has 1 N–H and O–H groups in total. The highest BCUT2D eigenvalue weighted by atomic mass is 32.1. The summed E-state index contributed by atoms with van der Waals surface area (Å²) in [6.07, 6.45) is 0. The van der Waals surface area contributed by atoms with Crippen LogP contribution < -0.4 is 15.0 Å². The van der Waals surface area contributed by atoms with Gasteiger partial charge in [0.1, 0.15) is 5.75 Å². The predicted octanol–water partition coefficient (Wildman–Crippen LogP) is 1.62. The summed E-state index contributed by atoms with van der Waals surface area (Å²) in [5.41, 5.74) is 1.00. The Labute approximate surface area is 116 Å². The summed E-state index contributed by atoms with van der Waals surface area (Å²) in [4.78, 5) is 2.27. The number of nitrogens with one attached hydrogen (secondary N) is 1. The lowest BCUT2D eigenvalue weighted by Crippen LogP contribution is -2.43. The molecule has 5 nitrogen and oxygen atoms in total. The van der Waals surface area contributed by atoms with Crippen LogP contribution in [0.2, 0.25) is 0 Å². The molecule has 0 unspecified atom stereocenters. The molecular weight excluding hydrogens is 260 g/mol. The van der Waals surface area contributed by atoms with Crippen LogP contribution in [0.15, 0.2) is 24.3 Å². The molecule has 19 heavy (non-hydrogen) atoms. The lowest BCUT2D eigenvalue weighted by molar-refractivity contribution is 0.416. The van der Waals surface area contributed by atoms with Crippen molar-refractivity contribution in [1.29, 1.82) is 0 Å². The molecule has 0 radical (unpaired) electrons. The molecule has 1 aliphatic heterocycles. The number of piperazine rings is 1. The summed E-state index contributed by atoms with van der Waals surface area (Å²) in [6, 6.07) is 7.91. The van der Waals surface area contributed by atoms with Crippen LogP contribution in [0, 0.1) is 0 Å². The van der Waals surface area contributed by atoms with E-state index in [9.17, 15) is 0 Å². The van der Waals surface area contributed by atoms with Gasteiger partial charge in [-0.1, -0.05) is 23.5 Å². The maximum Gasteiger partial charge on any atom is 0.208 e. The molecule has 1 aliphatic rings. The Kier molecular flexibility index (Phi) is 3.61. The smallest absolute Gasteiger partial charge is 0.208 e. The highest BCUT2D eigenvalue weighted by Gasteiger charge is 2.17. The van der Waals surface area contributed by atoms with Crippen molar-refractivity contribution < 1.29 is 4.74 Å². The number of anilines is 1. The first kappa shape index (κ1) is 12.4. The van der Waals surface area contributed by atoms with E-state index in [4.69, 9.17) is 4.74 Å².